The maximum atomic E-state index is 10.5. The molecule has 0 bridgehead atoms. The molecule has 1 N–H and O–H groups in total. The fraction of sp³-hybridized carbons (Fsp3) is 1.00. The first-order chi connectivity index (χ1) is 8.00. The molecule has 0 saturated carbocycles. The smallest absolute Gasteiger partial charge is 0.0744 e. The number of ether oxygens (including phenoxy) is 1. The Morgan fingerprint density at radius 3 is 2.35 bits per heavy atom. The van der Waals surface area contributed by atoms with Crippen LogP contribution >= 0.6 is 0 Å². The predicted octanol–water partition coefficient (Wildman–Crippen LogP) is 2.28. The Labute approximate surface area is 106 Å². The van der Waals surface area contributed by atoms with E-state index in [9.17, 15) is 5.11 Å². The average molecular weight is 243 g/mol. The second-order valence-corrected chi connectivity index (χ2v) is 5.90. The molecule has 2 atom stereocenters. The van der Waals surface area contributed by atoms with E-state index >= 15 is 0 Å². The van der Waals surface area contributed by atoms with E-state index in [0.29, 0.717) is 0 Å². The van der Waals surface area contributed by atoms with Gasteiger partial charge in [0.15, 0.2) is 0 Å². The highest BCUT2D eigenvalue weighted by Gasteiger charge is 2.37. The summed E-state index contributed by atoms with van der Waals surface area (Å²) in [7, 11) is 1.72. The molecule has 0 amide bonds. The van der Waals surface area contributed by atoms with Gasteiger partial charge in [0, 0.05) is 19.3 Å². The van der Waals surface area contributed by atoms with Gasteiger partial charge in [0.2, 0.25) is 0 Å². The van der Waals surface area contributed by atoms with Crippen molar-refractivity contribution in [2.75, 3.05) is 26.8 Å². The largest absolute Gasteiger partial charge is 0.391 e. The van der Waals surface area contributed by atoms with Crippen LogP contribution in [-0.4, -0.2) is 48.5 Å². The minimum atomic E-state index is -0.282. The number of aliphatic hydroxyl groups is 1. The molecule has 1 rings (SSSR count). The number of methoxy groups -OCH3 is 1. The molecule has 0 aliphatic carbocycles. The third kappa shape index (κ3) is 3.94. The van der Waals surface area contributed by atoms with Gasteiger partial charge in [-0.25, -0.2) is 0 Å². The van der Waals surface area contributed by atoms with Crippen molar-refractivity contribution in [3.8, 4) is 0 Å². The van der Waals surface area contributed by atoms with Crippen molar-refractivity contribution in [2.45, 2.75) is 58.1 Å². The van der Waals surface area contributed by atoms with Crippen LogP contribution in [0.3, 0.4) is 0 Å². The summed E-state index contributed by atoms with van der Waals surface area (Å²) >= 11 is 0. The van der Waals surface area contributed by atoms with Crippen LogP contribution in [0.15, 0.2) is 0 Å². The molecular formula is C14H29NO2. The molecule has 1 aliphatic heterocycles. The van der Waals surface area contributed by atoms with Gasteiger partial charge >= 0.3 is 0 Å². The lowest BCUT2D eigenvalue weighted by atomic mass is 9.84. The lowest BCUT2D eigenvalue weighted by molar-refractivity contribution is -0.0506. The maximum Gasteiger partial charge on any atom is 0.0744 e. The first kappa shape index (κ1) is 14.9. The van der Waals surface area contributed by atoms with E-state index in [4.69, 9.17) is 4.74 Å². The average Bonchev–Trinajstić information content (AvgIpc) is 2.36. The lowest BCUT2D eigenvalue weighted by Gasteiger charge is -2.45. The summed E-state index contributed by atoms with van der Waals surface area (Å²) in [5.74, 6) is 0.284. The molecule has 0 aromatic heterocycles. The van der Waals surface area contributed by atoms with Gasteiger partial charge in [-0.15, -0.1) is 0 Å². The lowest BCUT2D eigenvalue weighted by Crippen LogP contribution is -2.56. The fourth-order valence-electron chi connectivity index (χ4n) is 2.82. The highest BCUT2D eigenvalue weighted by atomic mass is 16.5. The number of hydrogen-bond donors (Lipinski definition) is 1. The van der Waals surface area contributed by atoms with E-state index < -0.39 is 0 Å². The van der Waals surface area contributed by atoms with Crippen LogP contribution < -0.4 is 0 Å². The first-order valence-corrected chi connectivity index (χ1v) is 6.92. The van der Waals surface area contributed by atoms with Gasteiger partial charge < -0.3 is 9.84 Å². The molecule has 0 radical (unpaired) electrons. The molecular weight excluding hydrogens is 214 g/mol. The van der Waals surface area contributed by atoms with Crippen molar-refractivity contribution in [1.29, 1.82) is 0 Å². The first-order valence-electron chi connectivity index (χ1n) is 6.92. The molecule has 0 spiro atoms. The normalized spacial score (nSPS) is 22.4. The van der Waals surface area contributed by atoms with Crippen molar-refractivity contribution in [1.82, 2.24) is 4.90 Å². The second-order valence-electron chi connectivity index (χ2n) is 5.90. The monoisotopic (exact) mass is 243 g/mol. The van der Waals surface area contributed by atoms with Crippen LogP contribution in [-0.2, 0) is 4.74 Å². The SMILES string of the molecule is COCCC(C)C(O)C(C)(C)N1CCCCC1. The summed E-state index contributed by atoms with van der Waals surface area (Å²) in [5, 5.41) is 10.5. The molecule has 0 aromatic carbocycles. The number of piperidine rings is 1. The van der Waals surface area contributed by atoms with Gasteiger partial charge in [0.1, 0.15) is 0 Å². The zero-order valence-electron chi connectivity index (χ0n) is 11.9. The molecule has 2 unspecified atom stereocenters. The summed E-state index contributed by atoms with van der Waals surface area (Å²) in [6.45, 7) is 9.45. The van der Waals surface area contributed by atoms with Crippen LogP contribution in [0.25, 0.3) is 0 Å². The Morgan fingerprint density at radius 2 is 1.82 bits per heavy atom. The summed E-state index contributed by atoms with van der Waals surface area (Å²) in [6, 6.07) is 0. The highest BCUT2D eigenvalue weighted by molar-refractivity contribution is 4.92. The van der Waals surface area contributed by atoms with Gasteiger partial charge in [-0.05, 0) is 52.1 Å². The van der Waals surface area contributed by atoms with Crippen molar-refractivity contribution < 1.29 is 9.84 Å². The van der Waals surface area contributed by atoms with Crippen LogP contribution in [0, 0.1) is 5.92 Å². The standard InChI is InChI=1S/C14H29NO2/c1-12(8-11-17-4)13(16)14(2,3)15-9-6-5-7-10-15/h12-13,16H,5-11H2,1-4H3. The zero-order valence-corrected chi connectivity index (χ0v) is 11.9. The van der Waals surface area contributed by atoms with Crippen LogP contribution in [0.5, 0.6) is 0 Å². The molecule has 1 aliphatic rings. The van der Waals surface area contributed by atoms with Crippen LogP contribution in [0.2, 0.25) is 0 Å². The molecule has 1 fully saturated rings. The van der Waals surface area contributed by atoms with Crippen molar-refractivity contribution in [3.63, 3.8) is 0 Å². The van der Waals surface area contributed by atoms with Gasteiger partial charge in [-0.1, -0.05) is 13.3 Å². The highest BCUT2D eigenvalue weighted by Crippen LogP contribution is 2.28. The number of nitrogens with zero attached hydrogens (tertiary/aromatic N) is 1. The summed E-state index contributed by atoms with van der Waals surface area (Å²) in [6.07, 6.45) is 4.51. The van der Waals surface area contributed by atoms with Crippen molar-refractivity contribution in [2.24, 2.45) is 5.92 Å². The quantitative estimate of drug-likeness (QED) is 0.777. The Balaban J connectivity index is 2.54. The molecule has 3 heteroatoms. The topological polar surface area (TPSA) is 32.7 Å². The van der Waals surface area contributed by atoms with E-state index in [-0.39, 0.29) is 17.6 Å². The minimum Gasteiger partial charge on any atom is -0.391 e. The van der Waals surface area contributed by atoms with Gasteiger partial charge in [-0.3, -0.25) is 4.90 Å². The van der Waals surface area contributed by atoms with E-state index in [2.05, 4.69) is 25.7 Å². The van der Waals surface area contributed by atoms with Gasteiger partial charge in [0.05, 0.1) is 6.10 Å². The number of hydrogen-bond acceptors (Lipinski definition) is 3. The molecule has 17 heavy (non-hydrogen) atoms. The summed E-state index contributed by atoms with van der Waals surface area (Å²) < 4.78 is 5.10. The minimum absolute atomic E-state index is 0.117. The summed E-state index contributed by atoms with van der Waals surface area (Å²) in [4.78, 5) is 2.45. The Hall–Kier alpha value is -0.120. The number of rotatable bonds is 6. The van der Waals surface area contributed by atoms with E-state index in [0.717, 1.165) is 26.1 Å². The third-order valence-corrected chi connectivity index (χ3v) is 4.21. The summed E-state index contributed by atoms with van der Waals surface area (Å²) in [5.41, 5.74) is -0.117. The molecule has 1 heterocycles. The maximum absolute atomic E-state index is 10.5. The predicted molar refractivity (Wildman–Crippen MR) is 71.2 cm³/mol. The van der Waals surface area contributed by atoms with E-state index in [1.54, 1.807) is 7.11 Å². The fourth-order valence-corrected chi connectivity index (χ4v) is 2.82. The Morgan fingerprint density at radius 1 is 1.24 bits per heavy atom. The Kier molecular flexibility index (Phi) is 5.90. The Bertz CT molecular complexity index is 212. The van der Waals surface area contributed by atoms with Gasteiger partial charge in [-0.2, -0.15) is 0 Å². The van der Waals surface area contributed by atoms with Crippen molar-refractivity contribution >= 4 is 0 Å². The molecule has 1 saturated heterocycles. The number of aliphatic hydroxyl groups excluding tert-OH is 1. The van der Waals surface area contributed by atoms with Crippen LogP contribution in [0.1, 0.15) is 46.5 Å². The third-order valence-electron chi connectivity index (χ3n) is 4.21. The molecule has 102 valence electrons. The number of likely N-dealkylation sites (tertiary alicyclic amines) is 1. The zero-order chi connectivity index (χ0) is 12.9. The van der Waals surface area contributed by atoms with Crippen molar-refractivity contribution in [3.05, 3.63) is 0 Å². The molecule has 3 nitrogen and oxygen atoms in total. The van der Waals surface area contributed by atoms with E-state index in [1.807, 2.05) is 0 Å². The second kappa shape index (κ2) is 6.72. The molecule has 0 aromatic rings. The van der Waals surface area contributed by atoms with E-state index in [1.165, 1.54) is 19.3 Å². The van der Waals surface area contributed by atoms with Gasteiger partial charge in [0.25, 0.3) is 0 Å². The van der Waals surface area contributed by atoms with Crippen LogP contribution in [0.4, 0.5) is 0 Å².